The predicted octanol–water partition coefficient (Wildman–Crippen LogP) is 4.60. The summed E-state index contributed by atoms with van der Waals surface area (Å²) in [5, 5.41) is 0. The molecule has 0 heterocycles. The van der Waals surface area contributed by atoms with E-state index in [1.165, 1.54) is 47.0 Å². The van der Waals surface area contributed by atoms with E-state index >= 15 is 0 Å². The van der Waals surface area contributed by atoms with Crippen molar-refractivity contribution in [3.63, 3.8) is 0 Å². The fraction of sp³-hybridized carbons (Fsp3) is 0.842. The molecule has 1 unspecified atom stereocenters. The van der Waals surface area contributed by atoms with Crippen LogP contribution in [0.15, 0.2) is 12.7 Å². The molecule has 1 atom stereocenters. The Morgan fingerprint density at radius 3 is 1.88 bits per heavy atom. The fourth-order valence-electron chi connectivity index (χ4n) is 3.23. The highest BCUT2D eigenvalue weighted by Crippen LogP contribution is 2.40. The molecule has 5 heteroatoms. The molecule has 0 saturated heterocycles. The first-order valence-electron chi connectivity index (χ1n) is 9.02. The van der Waals surface area contributed by atoms with Crippen LogP contribution in [0.25, 0.3) is 0 Å². The van der Waals surface area contributed by atoms with Crippen LogP contribution in [0.4, 0.5) is 0 Å². The summed E-state index contributed by atoms with van der Waals surface area (Å²) in [5.74, 6) is -1.92. The zero-order valence-electron chi connectivity index (χ0n) is 16.2. The maximum Gasteiger partial charge on any atom is 0.330 e. The van der Waals surface area contributed by atoms with E-state index in [1.807, 2.05) is 6.92 Å². The molecular weight excluding hydrogens is 308 g/mol. The summed E-state index contributed by atoms with van der Waals surface area (Å²) in [6.07, 6.45) is 10.0. The Morgan fingerprint density at radius 1 is 0.875 bits per heavy atom. The molecule has 5 nitrogen and oxygen atoms in total. The fourth-order valence-corrected chi connectivity index (χ4v) is 3.23. The van der Waals surface area contributed by atoms with Crippen molar-refractivity contribution in [2.75, 3.05) is 21.3 Å². The zero-order chi connectivity index (χ0) is 18.5. The average molecular weight is 344 g/mol. The lowest BCUT2D eigenvalue weighted by Gasteiger charge is -2.45. The molecule has 142 valence electrons. The van der Waals surface area contributed by atoms with Crippen molar-refractivity contribution in [2.45, 2.75) is 83.2 Å². The van der Waals surface area contributed by atoms with Gasteiger partial charge in [0.1, 0.15) is 0 Å². The number of hydrogen-bond acceptors (Lipinski definition) is 5. The van der Waals surface area contributed by atoms with Crippen molar-refractivity contribution >= 4 is 5.97 Å². The molecule has 0 aliphatic rings. The average Bonchev–Trinajstić information content (AvgIpc) is 2.60. The van der Waals surface area contributed by atoms with Gasteiger partial charge in [0.15, 0.2) is 5.60 Å². The Hall–Kier alpha value is -0.910. The van der Waals surface area contributed by atoms with Gasteiger partial charge in [-0.05, 0) is 19.3 Å². The third kappa shape index (κ3) is 6.19. The second kappa shape index (κ2) is 12.5. The van der Waals surface area contributed by atoms with Crippen molar-refractivity contribution in [3.8, 4) is 0 Å². The molecule has 0 N–H and O–H groups in total. The normalized spacial score (nSPS) is 14.2. The molecule has 0 spiro atoms. The first-order valence-corrected chi connectivity index (χ1v) is 9.02. The first-order chi connectivity index (χ1) is 11.5. The van der Waals surface area contributed by atoms with Gasteiger partial charge in [-0.1, -0.05) is 59.0 Å². The summed E-state index contributed by atoms with van der Waals surface area (Å²) in [5.41, 5.74) is -1.00. The van der Waals surface area contributed by atoms with Crippen LogP contribution in [0, 0.1) is 0 Å². The summed E-state index contributed by atoms with van der Waals surface area (Å²) in [6.45, 7) is 7.73. The summed E-state index contributed by atoms with van der Waals surface area (Å²) >= 11 is 0. The van der Waals surface area contributed by atoms with Gasteiger partial charge in [0.25, 0.3) is 0 Å². The third-order valence-electron chi connectivity index (χ3n) is 4.41. The summed E-state index contributed by atoms with van der Waals surface area (Å²) in [7, 11) is 4.50. The van der Waals surface area contributed by atoms with Crippen LogP contribution in [-0.2, 0) is 23.7 Å². The van der Waals surface area contributed by atoms with Gasteiger partial charge in [0.05, 0.1) is 0 Å². The molecule has 0 fully saturated rings. The monoisotopic (exact) mass is 344 g/mol. The number of rotatable bonds is 15. The van der Waals surface area contributed by atoms with Crippen LogP contribution in [-0.4, -0.2) is 38.9 Å². The van der Waals surface area contributed by atoms with E-state index < -0.39 is 17.5 Å². The van der Waals surface area contributed by atoms with Crippen molar-refractivity contribution < 1.29 is 23.7 Å². The molecule has 0 rings (SSSR count). The minimum absolute atomic E-state index is 0.495. The molecule has 0 bridgehead atoms. The van der Waals surface area contributed by atoms with Gasteiger partial charge in [-0.2, -0.15) is 0 Å². The van der Waals surface area contributed by atoms with E-state index in [9.17, 15) is 4.79 Å². The van der Waals surface area contributed by atoms with E-state index in [4.69, 9.17) is 18.9 Å². The van der Waals surface area contributed by atoms with Crippen LogP contribution in [0.2, 0.25) is 0 Å². The highest BCUT2D eigenvalue weighted by molar-refractivity contribution is 5.81. The predicted molar refractivity (Wildman–Crippen MR) is 95.7 cm³/mol. The van der Waals surface area contributed by atoms with E-state index in [0.717, 1.165) is 25.3 Å². The summed E-state index contributed by atoms with van der Waals surface area (Å²) in [6, 6.07) is 0. The first kappa shape index (κ1) is 23.1. The largest absolute Gasteiger partial charge is 0.447 e. The van der Waals surface area contributed by atoms with Crippen LogP contribution in [0.5, 0.6) is 0 Å². The van der Waals surface area contributed by atoms with Crippen LogP contribution in [0.3, 0.4) is 0 Å². The van der Waals surface area contributed by atoms with Gasteiger partial charge in [-0.25, -0.2) is 4.79 Å². The molecule has 0 aliphatic heterocycles. The van der Waals surface area contributed by atoms with Crippen molar-refractivity contribution in [1.82, 2.24) is 0 Å². The smallest absolute Gasteiger partial charge is 0.330 e. The van der Waals surface area contributed by atoms with Crippen molar-refractivity contribution in [1.29, 1.82) is 0 Å². The van der Waals surface area contributed by atoms with Crippen molar-refractivity contribution in [2.24, 2.45) is 0 Å². The Morgan fingerprint density at radius 2 is 1.42 bits per heavy atom. The lowest BCUT2D eigenvalue weighted by Crippen LogP contribution is -2.60. The van der Waals surface area contributed by atoms with E-state index in [0.29, 0.717) is 12.8 Å². The number of esters is 1. The van der Waals surface area contributed by atoms with Gasteiger partial charge in [0.2, 0.25) is 0 Å². The number of carbonyl (C=O) groups is 1. The molecule has 0 aromatic carbocycles. The molecule has 0 aromatic rings. The van der Waals surface area contributed by atoms with Gasteiger partial charge in [-0.3, -0.25) is 0 Å². The molecule has 0 saturated carbocycles. The SMILES string of the molecule is C=CC(=O)OC(CCC)(CCCCCCCC)C(OC)(OC)OC. The van der Waals surface area contributed by atoms with Gasteiger partial charge >= 0.3 is 11.9 Å². The Labute approximate surface area is 147 Å². The lowest BCUT2D eigenvalue weighted by atomic mass is 9.87. The Kier molecular flexibility index (Phi) is 12.0. The van der Waals surface area contributed by atoms with Crippen LogP contribution < -0.4 is 0 Å². The minimum atomic E-state index is -1.43. The number of carbonyl (C=O) groups excluding carboxylic acids is 1. The summed E-state index contributed by atoms with van der Waals surface area (Å²) < 4.78 is 22.4. The van der Waals surface area contributed by atoms with E-state index in [2.05, 4.69) is 13.5 Å². The topological polar surface area (TPSA) is 54.0 Å². The highest BCUT2D eigenvalue weighted by atomic mass is 16.9. The number of hydrogen-bond donors (Lipinski definition) is 0. The molecule has 0 amide bonds. The Balaban J connectivity index is 5.27. The van der Waals surface area contributed by atoms with Crippen LogP contribution in [0.1, 0.15) is 71.6 Å². The molecular formula is C19H36O5. The lowest BCUT2D eigenvalue weighted by molar-refractivity contribution is -0.421. The number of ether oxygens (including phenoxy) is 4. The van der Waals surface area contributed by atoms with E-state index in [-0.39, 0.29) is 0 Å². The number of methoxy groups -OCH3 is 3. The zero-order valence-corrected chi connectivity index (χ0v) is 16.2. The standard InChI is InChI=1S/C19H36O5/c1-7-10-11-12-13-14-16-18(15-8-2,24-17(20)9-3)19(21-4,22-5)23-6/h9H,3,7-8,10-16H2,1-2,4-6H3. The van der Waals surface area contributed by atoms with Gasteiger partial charge < -0.3 is 18.9 Å². The van der Waals surface area contributed by atoms with E-state index in [1.54, 1.807) is 0 Å². The maximum absolute atomic E-state index is 12.0. The molecule has 0 aromatic heterocycles. The highest BCUT2D eigenvalue weighted by Gasteiger charge is 2.56. The Bertz CT molecular complexity index is 343. The second-order valence-electron chi connectivity index (χ2n) is 6.06. The molecule has 24 heavy (non-hydrogen) atoms. The quantitative estimate of drug-likeness (QED) is 0.188. The van der Waals surface area contributed by atoms with Crippen molar-refractivity contribution in [3.05, 3.63) is 12.7 Å². The third-order valence-corrected chi connectivity index (χ3v) is 4.41. The molecule has 0 aliphatic carbocycles. The van der Waals surface area contributed by atoms with Crippen LogP contribution >= 0.6 is 0 Å². The van der Waals surface area contributed by atoms with Gasteiger partial charge in [0, 0.05) is 27.4 Å². The second-order valence-corrected chi connectivity index (χ2v) is 6.06. The minimum Gasteiger partial charge on any atom is -0.447 e. The van der Waals surface area contributed by atoms with Gasteiger partial charge in [-0.15, -0.1) is 0 Å². The summed E-state index contributed by atoms with van der Waals surface area (Å²) in [4.78, 5) is 12.0. The number of unbranched alkanes of at least 4 members (excludes halogenated alkanes) is 5. The molecule has 0 radical (unpaired) electrons. The maximum atomic E-state index is 12.0.